The fourth-order valence-corrected chi connectivity index (χ4v) is 2.74. The van der Waals surface area contributed by atoms with E-state index in [1.54, 1.807) is 12.1 Å². The smallest absolute Gasteiger partial charge is 0.244 e. The van der Waals surface area contributed by atoms with Crippen LogP contribution < -0.4 is 5.43 Å². The summed E-state index contributed by atoms with van der Waals surface area (Å²) >= 11 is 0. The minimum atomic E-state index is -3.41. The van der Waals surface area contributed by atoms with E-state index in [-0.39, 0.29) is 4.90 Å². The lowest BCUT2D eigenvalue weighted by Crippen LogP contribution is -2.47. The Kier molecular flexibility index (Phi) is 4.59. The van der Waals surface area contributed by atoms with Crippen LogP contribution in [0.15, 0.2) is 23.2 Å². The second-order valence-electron chi connectivity index (χ2n) is 5.07. The maximum absolute atomic E-state index is 11.9. The number of nitrogens with zero attached hydrogens (tertiary/aromatic N) is 4. The van der Waals surface area contributed by atoms with Crippen molar-refractivity contribution in [3.63, 3.8) is 0 Å². The fourth-order valence-electron chi connectivity index (χ4n) is 1.89. The first-order valence-electron chi connectivity index (χ1n) is 6.48. The number of likely N-dealkylation sites (N-methyl/N-ethyl adjacent to an activating group) is 1. The first-order chi connectivity index (χ1) is 9.39. The Bertz CT molecular complexity index is 535. The van der Waals surface area contributed by atoms with Gasteiger partial charge in [-0.2, -0.15) is 0 Å². The first kappa shape index (κ1) is 15.2. The van der Waals surface area contributed by atoms with Gasteiger partial charge in [-0.1, -0.05) is 0 Å². The highest BCUT2D eigenvalue weighted by molar-refractivity contribution is 7.89. The Morgan fingerprint density at radius 3 is 2.35 bits per heavy atom. The zero-order valence-electron chi connectivity index (χ0n) is 12.1. The second kappa shape index (κ2) is 6.04. The molecule has 1 aromatic heterocycles. The molecule has 0 atom stereocenters. The van der Waals surface area contributed by atoms with Gasteiger partial charge < -0.3 is 10.3 Å². The molecule has 8 heteroatoms. The molecule has 2 rings (SSSR count). The van der Waals surface area contributed by atoms with Gasteiger partial charge in [0.05, 0.1) is 0 Å². The van der Waals surface area contributed by atoms with Crippen molar-refractivity contribution in [1.29, 1.82) is 0 Å². The highest BCUT2D eigenvalue weighted by Gasteiger charge is 2.18. The van der Waals surface area contributed by atoms with Crippen LogP contribution in [0.5, 0.6) is 0 Å². The summed E-state index contributed by atoms with van der Waals surface area (Å²) in [7, 11) is 1.69. The highest BCUT2D eigenvalue weighted by Crippen LogP contribution is 2.14. The van der Waals surface area contributed by atoms with Gasteiger partial charge in [0.1, 0.15) is 10.7 Å². The van der Waals surface area contributed by atoms with Crippen molar-refractivity contribution in [2.45, 2.75) is 4.90 Å². The number of rotatable bonds is 4. The number of piperazine rings is 1. The Morgan fingerprint density at radius 2 is 1.85 bits per heavy atom. The van der Waals surface area contributed by atoms with Gasteiger partial charge in [-0.25, -0.2) is 22.7 Å². The molecule has 112 valence electrons. The van der Waals surface area contributed by atoms with Crippen molar-refractivity contribution in [2.75, 3.05) is 52.7 Å². The average Bonchev–Trinajstić information content (AvgIpc) is 2.42. The largest absolute Gasteiger partial charge is 0.304 e. The van der Waals surface area contributed by atoms with Crippen LogP contribution in [-0.2, 0) is 10.0 Å². The lowest BCUT2D eigenvalue weighted by atomic mass is 10.4. The van der Waals surface area contributed by atoms with Crippen LogP contribution in [-0.4, -0.2) is 74.9 Å². The van der Waals surface area contributed by atoms with Crippen LogP contribution in [0.1, 0.15) is 0 Å². The van der Waals surface area contributed by atoms with Crippen molar-refractivity contribution in [3.05, 3.63) is 18.3 Å². The summed E-state index contributed by atoms with van der Waals surface area (Å²) < 4.78 is 25.0. The Hall–Kier alpha value is -1.22. The van der Waals surface area contributed by atoms with Crippen molar-refractivity contribution in [2.24, 2.45) is 0 Å². The maximum Gasteiger partial charge on any atom is 0.244 e. The molecule has 1 aromatic rings. The van der Waals surface area contributed by atoms with E-state index < -0.39 is 10.0 Å². The number of aromatic nitrogens is 1. The highest BCUT2D eigenvalue weighted by atomic mass is 32.2. The average molecular weight is 299 g/mol. The molecule has 1 N–H and O–H groups in total. The molecule has 0 bridgehead atoms. The van der Waals surface area contributed by atoms with E-state index in [2.05, 4.69) is 27.4 Å². The number of hydrogen-bond donors (Lipinski definition) is 1. The van der Waals surface area contributed by atoms with Crippen molar-refractivity contribution in [1.82, 2.24) is 19.2 Å². The number of pyridine rings is 1. The molecule has 7 nitrogen and oxygen atoms in total. The zero-order valence-corrected chi connectivity index (χ0v) is 12.9. The molecule has 0 amide bonds. The monoisotopic (exact) mass is 299 g/mol. The summed E-state index contributed by atoms with van der Waals surface area (Å²) in [6.07, 6.45) is 1.38. The van der Waals surface area contributed by atoms with E-state index in [1.165, 1.54) is 24.6 Å². The molecule has 1 aliphatic rings. The SMILES string of the molecule is CN1CCN(Nc2ccc(S(=O)(=O)N(C)C)cn2)CC1. The van der Waals surface area contributed by atoms with Gasteiger partial charge in [0.25, 0.3) is 0 Å². The topological polar surface area (TPSA) is 68.8 Å². The molecule has 1 aliphatic heterocycles. The lowest BCUT2D eigenvalue weighted by molar-refractivity contribution is 0.178. The molecule has 0 aliphatic carbocycles. The summed E-state index contributed by atoms with van der Waals surface area (Å²) in [6.45, 7) is 3.83. The van der Waals surface area contributed by atoms with E-state index in [0.717, 1.165) is 26.2 Å². The minimum Gasteiger partial charge on any atom is -0.304 e. The van der Waals surface area contributed by atoms with Crippen LogP contribution >= 0.6 is 0 Å². The zero-order chi connectivity index (χ0) is 14.8. The Morgan fingerprint density at radius 1 is 1.20 bits per heavy atom. The van der Waals surface area contributed by atoms with Crippen molar-refractivity contribution >= 4 is 15.8 Å². The van der Waals surface area contributed by atoms with Gasteiger partial charge in [-0.15, -0.1) is 0 Å². The third kappa shape index (κ3) is 3.45. The summed E-state index contributed by atoms with van der Waals surface area (Å²) in [5.41, 5.74) is 3.20. The van der Waals surface area contributed by atoms with Crippen LogP contribution in [0.3, 0.4) is 0 Å². The molecule has 0 spiro atoms. The van der Waals surface area contributed by atoms with E-state index in [0.29, 0.717) is 5.82 Å². The van der Waals surface area contributed by atoms with Crippen LogP contribution in [0, 0.1) is 0 Å². The molecule has 2 heterocycles. The molecule has 1 fully saturated rings. The molecule has 1 saturated heterocycles. The van der Waals surface area contributed by atoms with Crippen LogP contribution in [0.4, 0.5) is 5.82 Å². The predicted molar refractivity (Wildman–Crippen MR) is 77.8 cm³/mol. The molecule has 0 radical (unpaired) electrons. The first-order valence-corrected chi connectivity index (χ1v) is 7.92. The van der Waals surface area contributed by atoms with Gasteiger partial charge in [0, 0.05) is 46.5 Å². The van der Waals surface area contributed by atoms with E-state index >= 15 is 0 Å². The van der Waals surface area contributed by atoms with E-state index in [1.807, 2.05) is 0 Å². The number of nitrogens with one attached hydrogen (secondary N) is 1. The number of sulfonamides is 1. The molecule has 0 saturated carbocycles. The Balaban J connectivity index is 2.02. The van der Waals surface area contributed by atoms with E-state index in [4.69, 9.17) is 0 Å². The van der Waals surface area contributed by atoms with Crippen LogP contribution in [0.2, 0.25) is 0 Å². The molecule has 0 aromatic carbocycles. The van der Waals surface area contributed by atoms with Gasteiger partial charge in [0.15, 0.2) is 0 Å². The second-order valence-corrected chi connectivity index (χ2v) is 7.22. The third-order valence-corrected chi connectivity index (χ3v) is 5.09. The normalized spacial score (nSPS) is 18.4. The molecule has 0 unspecified atom stereocenters. The quantitative estimate of drug-likeness (QED) is 0.838. The van der Waals surface area contributed by atoms with Gasteiger partial charge in [0.2, 0.25) is 10.0 Å². The fraction of sp³-hybridized carbons (Fsp3) is 0.583. The van der Waals surface area contributed by atoms with Gasteiger partial charge in [-0.3, -0.25) is 0 Å². The van der Waals surface area contributed by atoms with Gasteiger partial charge >= 0.3 is 0 Å². The Labute approximate surface area is 120 Å². The van der Waals surface area contributed by atoms with Crippen LogP contribution in [0.25, 0.3) is 0 Å². The third-order valence-electron chi connectivity index (χ3n) is 3.29. The molecule has 20 heavy (non-hydrogen) atoms. The summed E-state index contributed by atoms with van der Waals surface area (Å²) in [4.78, 5) is 6.63. The van der Waals surface area contributed by atoms with Gasteiger partial charge in [-0.05, 0) is 19.2 Å². The number of hydrogen-bond acceptors (Lipinski definition) is 6. The summed E-state index contributed by atoms with van der Waals surface area (Å²) in [6, 6.07) is 3.26. The minimum absolute atomic E-state index is 0.200. The summed E-state index contributed by atoms with van der Waals surface area (Å²) in [5.74, 6) is 0.659. The predicted octanol–water partition coefficient (Wildman–Crippen LogP) is -0.0938. The van der Waals surface area contributed by atoms with Crippen molar-refractivity contribution in [3.8, 4) is 0 Å². The molecular weight excluding hydrogens is 278 g/mol. The summed E-state index contributed by atoms with van der Waals surface area (Å²) in [5, 5.41) is 2.09. The number of hydrazine groups is 1. The van der Waals surface area contributed by atoms with E-state index in [9.17, 15) is 8.42 Å². The standard InChI is InChI=1S/C12H21N5O2S/c1-15(2)20(18,19)11-4-5-12(13-10-11)14-17-8-6-16(3)7-9-17/h4-5,10H,6-9H2,1-3H3,(H,13,14). The molecular formula is C12H21N5O2S. The van der Waals surface area contributed by atoms with Crippen molar-refractivity contribution < 1.29 is 8.42 Å². The maximum atomic E-state index is 11.9. The lowest BCUT2D eigenvalue weighted by Gasteiger charge is -2.32. The number of anilines is 1.